The predicted molar refractivity (Wildman–Crippen MR) is 94.6 cm³/mol. The van der Waals surface area contributed by atoms with Crippen molar-refractivity contribution in [1.82, 2.24) is 0 Å². The third-order valence-corrected chi connectivity index (χ3v) is 3.39. The molecular weight excluding hydrogens is 310 g/mol. The number of aliphatic hydroxyl groups is 2. The molecule has 0 aliphatic heterocycles. The molecule has 1 aromatic rings. The van der Waals surface area contributed by atoms with Crippen molar-refractivity contribution in [1.29, 1.82) is 0 Å². The minimum Gasteiger partial charge on any atom is -0.508 e. The largest absolute Gasteiger partial charge is 0.508 e. The Bertz CT molecular complexity index is 408. The molecule has 6 heteroatoms. The van der Waals surface area contributed by atoms with Crippen LogP contribution in [0, 0.1) is 0 Å². The van der Waals surface area contributed by atoms with Gasteiger partial charge >= 0.3 is 0 Å². The molecule has 0 radical (unpaired) electrons. The summed E-state index contributed by atoms with van der Waals surface area (Å²) in [6.45, 7) is 6.44. The maximum atomic E-state index is 10.2. The molecule has 0 amide bonds. The predicted octanol–water partition coefficient (Wildman–Crippen LogP) is 1.77. The van der Waals surface area contributed by atoms with Crippen molar-refractivity contribution in [3.8, 4) is 5.75 Å². The van der Waals surface area contributed by atoms with Gasteiger partial charge in [0.05, 0.1) is 25.4 Å². The van der Waals surface area contributed by atoms with E-state index in [1.54, 1.807) is 24.3 Å². The average Bonchev–Trinajstić information content (AvgIpc) is 2.55. The zero-order valence-electron chi connectivity index (χ0n) is 14.7. The van der Waals surface area contributed by atoms with E-state index in [1.165, 1.54) is 0 Å². The summed E-state index contributed by atoms with van der Waals surface area (Å²) in [5.41, 5.74) is 0.817. The lowest BCUT2D eigenvalue weighted by atomic mass is 10.2. The number of rotatable bonds is 13. The van der Waals surface area contributed by atoms with Gasteiger partial charge in [0.25, 0.3) is 0 Å². The first-order valence-electron chi connectivity index (χ1n) is 8.62. The Balaban J connectivity index is 2.63. The van der Waals surface area contributed by atoms with Gasteiger partial charge in [0, 0.05) is 32.0 Å². The van der Waals surface area contributed by atoms with Gasteiger partial charge in [-0.25, -0.2) is 0 Å². The summed E-state index contributed by atoms with van der Waals surface area (Å²) in [5.74, 6) is 0.178. The number of phenolic OH excluding ortho intramolecular Hbond substituents is 1. The second-order valence-electron chi connectivity index (χ2n) is 5.88. The molecule has 0 spiro atoms. The molecule has 138 valence electrons. The Morgan fingerprint density at radius 1 is 0.875 bits per heavy atom. The molecule has 0 aliphatic carbocycles. The fourth-order valence-electron chi connectivity index (χ4n) is 2.29. The highest BCUT2D eigenvalue weighted by Gasteiger charge is 2.17. The van der Waals surface area contributed by atoms with E-state index >= 15 is 0 Å². The van der Waals surface area contributed by atoms with Gasteiger partial charge < -0.3 is 29.7 Å². The third kappa shape index (κ3) is 8.49. The average molecular weight is 341 g/mol. The maximum absolute atomic E-state index is 10.2. The highest BCUT2D eigenvalue weighted by atomic mass is 16.5. The number of benzene rings is 1. The van der Waals surface area contributed by atoms with Gasteiger partial charge in [-0.1, -0.05) is 13.8 Å². The minimum absolute atomic E-state index is 0.178. The van der Waals surface area contributed by atoms with Crippen molar-refractivity contribution in [2.75, 3.05) is 44.4 Å². The van der Waals surface area contributed by atoms with E-state index in [0.717, 1.165) is 18.5 Å². The van der Waals surface area contributed by atoms with Gasteiger partial charge in [-0.2, -0.15) is 0 Å². The van der Waals surface area contributed by atoms with E-state index in [0.29, 0.717) is 26.3 Å². The molecule has 0 bridgehead atoms. The van der Waals surface area contributed by atoms with Gasteiger partial charge in [0.15, 0.2) is 0 Å². The maximum Gasteiger partial charge on any atom is 0.115 e. The van der Waals surface area contributed by atoms with Gasteiger partial charge in [-0.05, 0) is 37.1 Å². The molecule has 0 saturated carbocycles. The van der Waals surface area contributed by atoms with Crippen LogP contribution in [-0.4, -0.2) is 67.0 Å². The smallest absolute Gasteiger partial charge is 0.115 e. The van der Waals surface area contributed by atoms with Crippen molar-refractivity contribution in [2.24, 2.45) is 0 Å². The quantitative estimate of drug-likeness (QED) is 0.474. The number of aromatic hydroxyl groups is 1. The van der Waals surface area contributed by atoms with Gasteiger partial charge in [0.2, 0.25) is 0 Å². The second-order valence-corrected chi connectivity index (χ2v) is 5.88. The van der Waals surface area contributed by atoms with E-state index in [-0.39, 0.29) is 19.0 Å². The summed E-state index contributed by atoms with van der Waals surface area (Å²) in [7, 11) is 0. The van der Waals surface area contributed by atoms with Crippen molar-refractivity contribution in [3.05, 3.63) is 24.3 Å². The number of phenols is 1. The Morgan fingerprint density at radius 2 is 1.33 bits per heavy atom. The first kappa shape index (κ1) is 20.7. The Morgan fingerprint density at radius 3 is 1.75 bits per heavy atom. The fraction of sp³-hybridized carbons (Fsp3) is 0.667. The van der Waals surface area contributed by atoms with E-state index < -0.39 is 12.2 Å². The number of hydrogen-bond donors (Lipinski definition) is 3. The summed E-state index contributed by atoms with van der Waals surface area (Å²) in [6.07, 6.45) is 0.493. The lowest BCUT2D eigenvalue weighted by Gasteiger charge is -2.29. The normalized spacial score (nSPS) is 13.7. The molecule has 1 rings (SSSR count). The summed E-state index contributed by atoms with van der Waals surface area (Å²) in [6, 6.07) is 6.69. The molecule has 2 atom stereocenters. The highest BCUT2D eigenvalue weighted by Crippen LogP contribution is 2.19. The lowest BCUT2D eigenvalue weighted by Crippen LogP contribution is -2.41. The molecule has 3 N–H and O–H groups in total. The molecule has 1 aromatic carbocycles. The number of aliphatic hydroxyl groups excluding tert-OH is 2. The fourth-order valence-corrected chi connectivity index (χ4v) is 2.29. The van der Waals surface area contributed by atoms with Crippen molar-refractivity contribution >= 4 is 5.69 Å². The first-order valence-corrected chi connectivity index (χ1v) is 8.62. The topological polar surface area (TPSA) is 82.4 Å². The monoisotopic (exact) mass is 341 g/mol. The van der Waals surface area contributed by atoms with Crippen LogP contribution in [0.4, 0.5) is 5.69 Å². The minimum atomic E-state index is -0.658. The number of ether oxygens (including phenoxy) is 2. The number of hydrogen-bond acceptors (Lipinski definition) is 6. The molecule has 0 saturated heterocycles. The molecular formula is C18H31NO5. The van der Waals surface area contributed by atoms with Crippen molar-refractivity contribution in [3.63, 3.8) is 0 Å². The Labute approximate surface area is 144 Å². The van der Waals surface area contributed by atoms with E-state index in [2.05, 4.69) is 0 Å². The molecule has 0 heterocycles. The van der Waals surface area contributed by atoms with E-state index in [4.69, 9.17) is 9.47 Å². The van der Waals surface area contributed by atoms with E-state index in [9.17, 15) is 15.3 Å². The zero-order valence-corrected chi connectivity index (χ0v) is 14.7. The van der Waals surface area contributed by atoms with Crippen LogP contribution >= 0.6 is 0 Å². The van der Waals surface area contributed by atoms with E-state index in [1.807, 2.05) is 18.7 Å². The van der Waals surface area contributed by atoms with Crippen LogP contribution in [0.5, 0.6) is 5.75 Å². The summed E-state index contributed by atoms with van der Waals surface area (Å²) in [5, 5.41) is 29.8. The van der Waals surface area contributed by atoms with Crippen LogP contribution in [0.25, 0.3) is 0 Å². The lowest BCUT2D eigenvalue weighted by molar-refractivity contribution is 0.0302. The Hall–Kier alpha value is -1.34. The summed E-state index contributed by atoms with van der Waals surface area (Å²) < 4.78 is 10.8. The first-order chi connectivity index (χ1) is 11.6. The van der Waals surface area contributed by atoms with Crippen LogP contribution < -0.4 is 4.90 Å². The SMILES string of the molecule is CCCOCC(O)CN(CC(O)COCCC)c1ccc(O)cc1. The summed E-state index contributed by atoms with van der Waals surface area (Å²) >= 11 is 0. The van der Waals surface area contributed by atoms with Gasteiger partial charge in [-0.3, -0.25) is 0 Å². The number of nitrogens with zero attached hydrogens (tertiary/aromatic N) is 1. The standard InChI is InChI=1S/C18H31NO5/c1-3-9-23-13-17(21)11-19(12-18(22)14-24-10-4-2)15-5-7-16(20)8-6-15/h5-8,17-18,20-22H,3-4,9-14H2,1-2H3. The Kier molecular flexibility index (Phi) is 10.4. The molecule has 0 aliphatic rings. The third-order valence-electron chi connectivity index (χ3n) is 3.39. The summed E-state index contributed by atoms with van der Waals surface area (Å²) in [4.78, 5) is 1.87. The second kappa shape index (κ2) is 12.1. The van der Waals surface area contributed by atoms with Crippen LogP contribution in [-0.2, 0) is 9.47 Å². The molecule has 0 aromatic heterocycles. The van der Waals surface area contributed by atoms with Crippen molar-refractivity contribution in [2.45, 2.75) is 38.9 Å². The van der Waals surface area contributed by atoms with Crippen LogP contribution in [0.1, 0.15) is 26.7 Å². The highest BCUT2D eigenvalue weighted by molar-refractivity contribution is 5.49. The van der Waals surface area contributed by atoms with Gasteiger partial charge in [-0.15, -0.1) is 0 Å². The molecule has 2 unspecified atom stereocenters. The molecule has 24 heavy (non-hydrogen) atoms. The van der Waals surface area contributed by atoms with Gasteiger partial charge in [0.1, 0.15) is 5.75 Å². The zero-order chi connectivity index (χ0) is 17.8. The number of anilines is 1. The molecule has 0 fully saturated rings. The van der Waals surface area contributed by atoms with Crippen LogP contribution in [0.2, 0.25) is 0 Å². The van der Waals surface area contributed by atoms with Crippen molar-refractivity contribution < 1.29 is 24.8 Å². The molecule has 6 nitrogen and oxygen atoms in total. The van der Waals surface area contributed by atoms with Crippen LogP contribution in [0.3, 0.4) is 0 Å². The van der Waals surface area contributed by atoms with Crippen LogP contribution in [0.15, 0.2) is 24.3 Å².